The van der Waals surface area contributed by atoms with Gasteiger partial charge in [-0.25, -0.2) is 14.8 Å². The highest BCUT2D eigenvalue weighted by Crippen LogP contribution is 2.39. The van der Waals surface area contributed by atoms with Crippen molar-refractivity contribution in [1.82, 2.24) is 14.5 Å². The molecule has 0 radical (unpaired) electrons. The van der Waals surface area contributed by atoms with Crippen molar-refractivity contribution in [3.8, 4) is 17.0 Å². The van der Waals surface area contributed by atoms with Crippen LogP contribution in [0.5, 0.6) is 5.75 Å². The minimum absolute atomic E-state index is 0.0829. The fraction of sp³-hybridized carbons (Fsp3) is 0.217. The molecule has 1 unspecified atom stereocenters. The summed E-state index contributed by atoms with van der Waals surface area (Å²) < 4.78 is 12.3. The van der Waals surface area contributed by atoms with Crippen LogP contribution in [0.1, 0.15) is 30.7 Å². The first-order chi connectivity index (χ1) is 16.5. The molecule has 0 aliphatic carbocycles. The van der Waals surface area contributed by atoms with Gasteiger partial charge in [0.25, 0.3) is 5.56 Å². The molecule has 0 fully saturated rings. The number of benzene rings is 1. The molecule has 4 heterocycles. The lowest BCUT2D eigenvalue weighted by Gasteiger charge is -2.18. The van der Waals surface area contributed by atoms with Crippen LogP contribution < -0.4 is 26.7 Å². The van der Waals surface area contributed by atoms with Gasteiger partial charge in [-0.2, -0.15) is 5.10 Å². The first kappa shape index (κ1) is 21.7. The van der Waals surface area contributed by atoms with Gasteiger partial charge in [0.2, 0.25) is 5.13 Å². The number of H-pyrrole nitrogens is 1. The standard InChI is InChI=1S/C23H22N6O4S/c1-3-28-20(24)19(21(30)26-22(28)31)16-12-34-23(25-16)29-17(18-5-4-10-33-18)11-15(27-29)13-6-8-14(32-2)9-7-13/h4-10,12,17H,3,11,24H2,1-2H3,(H,26,30,31). The van der Waals surface area contributed by atoms with E-state index in [0.717, 1.165) is 22.8 Å². The number of nitrogen functional groups attached to an aromatic ring is 1. The number of thiazole rings is 1. The number of hydrogen-bond donors (Lipinski definition) is 2. The lowest BCUT2D eigenvalue weighted by Crippen LogP contribution is -2.33. The summed E-state index contributed by atoms with van der Waals surface area (Å²) in [5.41, 5.74) is 7.42. The zero-order chi connectivity index (χ0) is 23.8. The average Bonchev–Trinajstić information content (AvgIpc) is 3.59. The van der Waals surface area contributed by atoms with Gasteiger partial charge >= 0.3 is 5.69 Å². The van der Waals surface area contributed by atoms with Gasteiger partial charge in [-0.05, 0) is 48.9 Å². The molecular weight excluding hydrogens is 456 g/mol. The number of methoxy groups -OCH3 is 1. The van der Waals surface area contributed by atoms with E-state index in [0.29, 0.717) is 23.8 Å². The Balaban J connectivity index is 1.56. The zero-order valence-corrected chi connectivity index (χ0v) is 19.3. The van der Waals surface area contributed by atoms with Crippen molar-refractivity contribution in [1.29, 1.82) is 0 Å². The van der Waals surface area contributed by atoms with Gasteiger partial charge in [-0.3, -0.25) is 14.3 Å². The third-order valence-corrected chi connectivity index (χ3v) is 6.54. The molecule has 174 valence electrons. The lowest BCUT2D eigenvalue weighted by molar-refractivity contribution is 0.415. The molecule has 0 bridgehead atoms. The molecular formula is C23H22N6O4S. The van der Waals surface area contributed by atoms with E-state index in [2.05, 4.69) is 9.97 Å². The van der Waals surface area contributed by atoms with E-state index in [1.54, 1.807) is 30.7 Å². The first-order valence-corrected chi connectivity index (χ1v) is 11.5. The van der Waals surface area contributed by atoms with E-state index < -0.39 is 11.2 Å². The molecule has 3 aromatic heterocycles. The largest absolute Gasteiger partial charge is 0.497 e. The number of furan rings is 1. The highest BCUT2D eigenvalue weighted by molar-refractivity contribution is 7.14. The van der Waals surface area contributed by atoms with Gasteiger partial charge in [0.05, 0.1) is 24.8 Å². The molecule has 0 saturated carbocycles. The van der Waals surface area contributed by atoms with Crippen LogP contribution in [0.4, 0.5) is 10.9 Å². The van der Waals surface area contributed by atoms with Crippen LogP contribution in [-0.2, 0) is 6.54 Å². The Labute approximate surface area is 197 Å². The normalized spacial score (nSPS) is 15.5. The summed E-state index contributed by atoms with van der Waals surface area (Å²) in [4.78, 5) is 31.6. The van der Waals surface area contributed by atoms with Crippen LogP contribution in [0, 0.1) is 0 Å². The van der Waals surface area contributed by atoms with Crippen molar-refractivity contribution in [2.75, 3.05) is 17.9 Å². The van der Waals surface area contributed by atoms with E-state index in [1.807, 2.05) is 36.4 Å². The third-order valence-electron chi connectivity index (χ3n) is 5.71. The Morgan fingerprint density at radius 2 is 2.06 bits per heavy atom. The second-order valence-electron chi connectivity index (χ2n) is 7.63. The Bertz CT molecular complexity index is 1470. The number of rotatable bonds is 6. The van der Waals surface area contributed by atoms with Crippen molar-refractivity contribution in [3.63, 3.8) is 0 Å². The quantitative estimate of drug-likeness (QED) is 0.435. The second kappa shape index (κ2) is 8.67. The van der Waals surface area contributed by atoms with Gasteiger partial charge in [0.15, 0.2) is 0 Å². The summed E-state index contributed by atoms with van der Waals surface area (Å²) >= 11 is 1.33. The Kier molecular flexibility index (Phi) is 5.54. The van der Waals surface area contributed by atoms with Crippen LogP contribution >= 0.6 is 11.3 Å². The predicted octanol–water partition coefficient (Wildman–Crippen LogP) is 3.22. The average molecular weight is 479 g/mol. The molecule has 34 heavy (non-hydrogen) atoms. The van der Waals surface area contributed by atoms with E-state index in [-0.39, 0.29) is 17.4 Å². The summed E-state index contributed by atoms with van der Waals surface area (Å²) in [7, 11) is 1.63. The topological polar surface area (TPSA) is 132 Å². The van der Waals surface area contributed by atoms with Gasteiger partial charge < -0.3 is 14.9 Å². The maximum Gasteiger partial charge on any atom is 0.329 e. The van der Waals surface area contributed by atoms with Gasteiger partial charge in [-0.15, -0.1) is 11.3 Å². The summed E-state index contributed by atoms with van der Waals surface area (Å²) in [6, 6.07) is 11.2. The Morgan fingerprint density at radius 1 is 1.26 bits per heavy atom. The van der Waals surface area contributed by atoms with Crippen molar-refractivity contribution in [3.05, 3.63) is 80.2 Å². The number of nitrogens with zero attached hydrogens (tertiary/aromatic N) is 4. The molecule has 1 aromatic carbocycles. The van der Waals surface area contributed by atoms with E-state index in [9.17, 15) is 9.59 Å². The SMILES string of the molecule is CCn1c(N)c(-c2csc(N3N=C(c4ccc(OC)cc4)CC3c3ccco3)n2)c(=O)[nH]c1=O. The second-order valence-corrected chi connectivity index (χ2v) is 8.47. The number of hydrogen-bond acceptors (Lipinski definition) is 9. The highest BCUT2D eigenvalue weighted by atomic mass is 32.1. The molecule has 0 saturated heterocycles. The van der Waals surface area contributed by atoms with Crippen molar-refractivity contribution in [2.24, 2.45) is 5.10 Å². The fourth-order valence-electron chi connectivity index (χ4n) is 3.98. The number of hydrazone groups is 1. The van der Waals surface area contributed by atoms with Crippen molar-refractivity contribution in [2.45, 2.75) is 25.9 Å². The number of nitrogens with two attached hydrogens (primary N) is 1. The van der Waals surface area contributed by atoms with Crippen molar-refractivity contribution >= 4 is 28.0 Å². The fourth-order valence-corrected chi connectivity index (χ4v) is 4.80. The summed E-state index contributed by atoms with van der Waals surface area (Å²) in [5, 5.41) is 8.96. The molecule has 1 atom stereocenters. The minimum atomic E-state index is -0.574. The van der Waals surface area contributed by atoms with Gasteiger partial charge in [0.1, 0.15) is 28.9 Å². The molecule has 1 aliphatic rings. The first-order valence-electron chi connectivity index (χ1n) is 10.6. The molecule has 3 N–H and O–H groups in total. The van der Waals surface area contributed by atoms with Crippen LogP contribution in [0.25, 0.3) is 11.3 Å². The summed E-state index contributed by atoms with van der Waals surface area (Å²) in [6.45, 7) is 2.10. The maximum atomic E-state index is 12.5. The summed E-state index contributed by atoms with van der Waals surface area (Å²) in [5.74, 6) is 1.60. The smallest absolute Gasteiger partial charge is 0.329 e. The summed E-state index contributed by atoms with van der Waals surface area (Å²) in [6.07, 6.45) is 2.23. The zero-order valence-electron chi connectivity index (χ0n) is 18.5. The minimum Gasteiger partial charge on any atom is -0.497 e. The van der Waals surface area contributed by atoms with Gasteiger partial charge in [0, 0.05) is 18.3 Å². The third kappa shape index (κ3) is 3.69. The molecule has 10 nitrogen and oxygen atoms in total. The molecule has 0 spiro atoms. The van der Waals surface area contributed by atoms with E-state index >= 15 is 0 Å². The van der Waals surface area contributed by atoms with Crippen LogP contribution in [-0.4, -0.2) is 27.4 Å². The maximum absolute atomic E-state index is 12.5. The highest BCUT2D eigenvalue weighted by Gasteiger charge is 2.34. The number of ether oxygens (including phenoxy) is 1. The monoisotopic (exact) mass is 478 g/mol. The number of anilines is 2. The van der Waals surface area contributed by atoms with E-state index in [4.69, 9.17) is 20.0 Å². The Morgan fingerprint density at radius 3 is 2.74 bits per heavy atom. The van der Waals surface area contributed by atoms with Crippen molar-refractivity contribution < 1.29 is 9.15 Å². The van der Waals surface area contributed by atoms with Crippen LogP contribution in [0.3, 0.4) is 0 Å². The number of nitrogens with one attached hydrogen (secondary N) is 1. The van der Waals surface area contributed by atoms with Crippen LogP contribution in [0.15, 0.2) is 67.1 Å². The number of aromatic amines is 1. The van der Waals surface area contributed by atoms with E-state index in [1.165, 1.54) is 15.9 Å². The van der Waals surface area contributed by atoms with Crippen LogP contribution in [0.2, 0.25) is 0 Å². The molecule has 11 heteroatoms. The predicted molar refractivity (Wildman–Crippen MR) is 131 cm³/mol. The lowest BCUT2D eigenvalue weighted by atomic mass is 10.0. The number of aromatic nitrogens is 3. The van der Waals surface area contributed by atoms with Gasteiger partial charge in [-0.1, -0.05) is 0 Å². The Hall–Kier alpha value is -4.12. The molecule has 1 aliphatic heterocycles. The molecule has 4 aromatic rings. The molecule has 0 amide bonds. The molecule has 5 rings (SSSR count).